The van der Waals surface area contributed by atoms with E-state index < -0.39 is 0 Å². The van der Waals surface area contributed by atoms with Crippen LogP contribution in [-0.4, -0.2) is 28.5 Å². The lowest BCUT2D eigenvalue weighted by molar-refractivity contribution is 0.141. The van der Waals surface area contributed by atoms with Gasteiger partial charge in [-0.1, -0.05) is 24.2 Å². The molecule has 15 heavy (non-hydrogen) atoms. The fraction of sp³-hybridized carbons (Fsp3) is 0.800. The fourth-order valence-electron chi connectivity index (χ4n) is 2.26. The van der Waals surface area contributed by atoms with Gasteiger partial charge in [0.1, 0.15) is 5.51 Å². The van der Waals surface area contributed by atoms with Gasteiger partial charge in [-0.2, -0.15) is 0 Å². The standard InChI is InChI=1S/C10H17N3OS/c14-6-9-4-2-1-3-8(9)5-11-10-13-12-7-15-10/h7-9,14H,1-6H2,(H,11,13). The molecule has 1 fully saturated rings. The van der Waals surface area contributed by atoms with E-state index in [1.54, 1.807) is 5.51 Å². The van der Waals surface area contributed by atoms with Gasteiger partial charge in [0.2, 0.25) is 5.13 Å². The van der Waals surface area contributed by atoms with Crippen LogP contribution in [0.25, 0.3) is 0 Å². The minimum atomic E-state index is 0.322. The van der Waals surface area contributed by atoms with Crippen LogP contribution in [0.5, 0.6) is 0 Å². The number of aliphatic hydroxyl groups excluding tert-OH is 1. The van der Waals surface area contributed by atoms with Gasteiger partial charge >= 0.3 is 0 Å². The van der Waals surface area contributed by atoms with Gasteiger partial charge in [-0.3, -0.25) is 0 Å². The minimum Gasteiger partial charge on any atom is -0.396 e. The molecule has 1 heterocycles. The van der Waals surface area contributed by atoms with Crippen molar-refractivity contribution in [1.29, 1.82) is 0 Å². The monoisotopic (exact) mass is 227 g/mol. The highest BCUT2D eigenvalue weighted by atomic mass is 32.1. The molecule has 0 aliphatic heterocycles. The van der Waals surface area contributed by atoms with Crippen molar-refractivity contribution in [3.63, 3.8) is 0 Å². The van der Waals surface area contributed by atoms with Gasteiger partial charge in [0, 0.05) is 13.2 Å². The zero-order valence-electron chi connectivity index (χ0n) is 8.72. The molecule has 1 aliphatic rings. The zero-order valence-corrected chi connectivity index (χ0v) is 9.54. The lowest BCUT2D eigenvalue weighted by Gasteiger charge is -2.30. The van der Waals surface area contributed by atoms with Gasteiger partial charge < -0.3 is 10.4 Å². The van der Waals surface area contributed by atoms with Gasteiger partial charge in [-0.05, 0) is 24.7 Å². The molecule has 4 nitrogen and oxygen atoms in total. The van der Waals surface area contributed by atoms with Gasteiger partial charge in [-0.15, -0.1) is 10.2 Å². The van der Waals surface area contributed by atoms with E-state index in [9.17, 15) is 5.11 Å². The molecule has 5 heteroatoms. The van der Waals surface area contributed by atoms with Gasteiger partial charge in [-0.25, -0.2) is 0 Å². The van der Waals surface area contributed by atoms with Crippen LogP contribution >= 0.6 is 11.3 Å². The summed E-state index contributed by atoms with van der Waals surface area (Å²) in [5, 5.41) is 21.2. The van der Waals surface area contributed by atoms with Crippen molar-refractivity contribution in [3.8, 4) is 0 Å². The number of hydrogen-bond acceptors (Lipinski definition) is 5. The number of aromatic nitrogens is 2. The lowest BCUT2D eigenvalue weighted by atomic mass is 9.80. The van der Waals surface area contributed by atoms with E-state index in [-0.39, 0.29) is 0 Å². The minimum absolute atomic E-state index is 0.322. The SMILES string of the molecule is OCC1CCCCC1CNc1nncs1. The quantitative estimate of drug-likeness (QED) is 0.822. The summed E-state index contributed by atoms with van der Waals surface area (Å²) in [7, 11) is 0. The first-order valence-electron chi connectivity index (χ1n) is 5.51. The second kappa shape index (κ2) is 5.42. The summed E-state index contributed by atoms with van der Waals surface area (Å²) in [6, 6.07) is 0. The predicted octanol–water partition coefficient (Wildman–Crippen LogP) is 1.75. The van der Waals surface area contributed by atoms with Crippen molar-refractivity contribution in [2.75, 3.05) is 18.5 Å². The second-order valence-corrected chi connectivity index (χ2v) is 4.95. The van der Waals surface area contributed by atoms with Crippen molar-refractivity contribution < 1.29 is 5.11 Å². The van der Waals surface area contributed by atoms with Crippen LogP contribution in [0.1, 0.15) is 25.7 Å². The highest BCUT2D eigenvalue weighted by Crippen LogP contribution is 2.29. The van der Waals surface area contributed by atoms with Crippen LogP contribution < -0.4 is 5.32 Å². The molecule has 0 radical (unpaired) electrons. The number of aliphatic hydroxyl groups is 1. The lowest BCUT2D eigenvalue weighted by Crippen LogP contribution is -2.28. The maximum Gasteiger partial charge on any atom is 0.205 e. The van der Waals surface area contributed by atoms with E-state index in [0.717, 1.165) is 11.7 Å². The third kappa shape index (κ3) is 2.89. The summed E-state index contributed by atoms with van der Waals surface area (Å²) in [4.78, 5) is 0. The zero-order chi connectivity index (χ0) is 10.5. The van der Waals surface area contributed by atoms with Crippen LogP contribution in [0.2, 0.25) is 0 Å². The molecule has 2 N–H and O–H groups in total. The van der Waals surface area contributed by atoms with E-state index >= 15 is 0 Å². The van der Waals surface area contributed by atoms with Crippen LogP contribution in [-0.2, 0) is 0 Å². The van der Waals surface area contributed by atoms with E-state index in [1.165, 1.54) is 37.0 Å². The van der Waals surface area contributed by atoms with E-state index in [0.29, 0.717) is 18.4 Å². The average molecular weight is 227 g/mol. The van der Waals surface area contributed by atoms with Gasteiger partial charge in [0.05, 0.1) is 0 Å². The molecule has 0 amide bonds. The summed E-state index contributed by atoms with van der Waals surface area (Å²) >= 11 is 1.52. The van der Waals surface area contributed by atoms with Crippen molar-refractivity contribution in [2.24, 2.45) is 11.8 Å². The van der Waals surface area contributed by atoms with Crippen LogP contribution in [0.15, 0.2) is 5.51 Å². The maximum absolute atomic E-state index is 9.27. The van der Waals surface area contributed by atoms with E-state index in [4.69, 9.17) is 0 Å². The molecule has 1 aromatic heterocycles. The molecule has 0 bridgehead atoms. The molecule has 2 rings (SSSR count). The molecule has 2 atom stereocenters. The summed E-state index contributed by atoms with van der Waals surface area (Å²) in [6.07, 6.45) is 4.94. The summed E-state index contributed by atoms with van der Waals surface area (Å²) < 4.78 is 0. The Morgan fingerprint density at radius 1 is 1.40 bits per heavy atom. The number of nitrogens with zero attached hydrogens (tertiary/aromatic N) is 2. The topological polar surface area (TPSA) is 58.0 Å². The van der Waals surface area contributed by atoms with Gasteiger partial charge in [0.15, 0.2) is 0 Å². The normalized spacial score (nSPS) is 26.5. The highest BCUT2D eigenvalue weighted by Gasteiger charge is 2.24. The summed E-state index contributed by atoms with van der Waals surface area (Å²) in [5.74, 6) is 1.06. The average Bonchev–Trinajstić information content (AvgIpc) is 2.79. The largest absolute Gasteiger partial charge is 0.396 e. The Labute approximate surface area is 93.7 Å². The van der Waals surface area contributed by atoms with Crippen LogP contribution in [0.4, 0.5) is 5.13 Å². The smallest absolute Gasteiger partial charge is 0.205 e. The first kappa shape index (κ1) is 10.8. The second-order valence-electron chi connectivity index (χ2n) is 4.11. The molecule has 2 unspecified atom stereocenters. The number of nitrogens with one attached hydrogen (secondary N) is 1. The molecule has 0 saturated heterocycles. The Balaban J connectivity index is 1.81. The number of hydrogen-bond donors (Lipinski definition) is 2. The van der Waals surface area contributed by atoms with E-state index in [2.05, 4.69) is 15.5 Å². The molecular weight excluding hydrogens is 210 g/mol. The molecule has 84 valence electrons. The molecule has 1 aromatic rings. The van der Waals surface area contributed by atoms with Crippen molar-refractivity contribution >= 4 is 16.5 Å². The Hall–Kier alpha value is -0.680. The summed E-state index contributed by atoms with van der Waals surface area (Å²) in [6.45, 7) is 1.24. The maximum atomic E-state index is 9.27. The molecule has 0 spiro atoms. The fourth-order valence-corrected chi connectivity index (χ4v) is 2.72. The highest BCUT2D eigenvalue weighted by molar-refractivity contribution is 7.13. The Kier molecular flexibility index (Phi) is 3.91. The van der Waals surface area contributed by atoms with Gasteiger partial charge in [0.25, 0.3) is 0 Å². The molecule has 1 aliphatic carbocycles. The molecular formula is C10H17N3OS. The van der Waals surface area contributed by atoms with Crippen LogP contribution in [0, 0.1) is 11.8 Å². The third-order valence-electron chi connectivity index (χ3n) is 3.18. The Morgan fingerprint density at radius 2 is 2.20 bits per heavy atom. The van der Waals surface area contributed by atoms with Crippen molar-refractivity contribution in [1.82, 2.24) is 10.2 Å². The predicted molar refractivity (Wildman–Crippen MR) is 60.9 cm³/mol. The first-order chi connectivity index (χ1) is 7.40. The Morgan fingerprint density at radius 3 is 2.87 bits per heavy atom. The first-order valence-corrected chi connectivity index (χ1v) is 6.39. The summed E-state index contributed by atoms with van der Waals surface area (Å²) in [5.41, 5.74) is 1.73. The number of anilines is 1. The molecule has 1 saturated carbocycles. The van der Waals surface area contributed by atoms with Crippen molar-refractivity contribution in [3.05, 3.63) is 5.51 Å². The molecule has 0 aromatic carbocycles. The van der Waals surface area contributed by atoms with Crippen LogP contribution in [0.3, 0.4) is 0 Å². The van der Waals surface area contributed by atoms with E-state index in [1.807, 2.05) is 0 Å². The Bertz CT molecular complexity index is 278. The van der Waals surface area contributed by atoms with Crippen molar-refractivity contribution in [2.45, 2.75) is 25.7 Å². The number of rotatable bonds is 4. The third-order valence-corrected chi connectivity index (χ3v) is 3.83.